The number of allylic oxidation sites excluding steroid dienone is 1. The van der Waals surface area contributed by atoms with Crippen LogP contribution in [0, 0.1) is 0 Å². The molecule has 0 heterocycles. The van der Waals surface area contributed by atoms with Crippen molar-refractivity contribution in [3.63, 3.8) is 0 Å². The molecule has 0 aromatic heterocycles. The lowest BCUT2D eigenvalue weighted by atomic mass is 10.1. The predicted octanol–water partition coefficient (Wildman–Crippen LogP) is 5.35. The van der Waals surface area contributed by atoms with Gasteiger partial charge in [-0.15, -0.1) is 0 Å². The third-order valence-corrected chi connectivity index (χ3v) is 3.52. The fourth-order valence-corrected chi connectivity index (χ4v) is 2.40. The average molecular weight is 397 g/mol. The molecule has 6 heteroatoms. The fourth-order valence-electron chi connectivity index (χ4n) is 2.02. The Bertz CT molecular complexity index is 745. The number of hydrogen-bond donors (Lipinski definition) is 0. The van der Waals surface area contributed by atoms with Crippen LogP contribution in [0.25, 0.3) is 6.08 Å². The summed E-state index contributed by atoms with van der Waals surface area (Å²) in [5, 5.41) is 0. The molecule has 24 heavy (non-hydrogen) atoms. The molecule has 0 aliphatic carbocycles. The summed E-state index contributed by atoms with van der Waals surface area (Å²) in [5.41, 5.74) is 0.997. The van der Waals surface area contributed by atoms with E-state index >= 15 is 0 Å². The quantitative estimate of drug-likeness (QED) is 0.467. The summed E-state index contributed by atoms with van der Waals surface area (Å²) in [6, 6.07) is 11.1. The highest BCUT2D eigenvalue weighted by Crippen LogP contribution is 2.25. The number of carbonyl (C=O) groups is 1. The van der Waals surface area contributed by atoms with Gasteiger partial charge < -0.3 is 9.47 Å². The van der Waals surface area contributed by atoms with Crippen LogP contribution >= 0.6 is 15.9 Å². The maximum Gasteiger partial charge on any atom is 0.387 e. The molecule has 0 aliphatic heterocycles. The molecule has 0 atom stereocenters. The molecule has 0 unspecified atom stereocenters. The fraction of sp³-hybridized carbons (Fsp3) is 0.167. The summed E-state index contributed by atoms with van der Waals surface area (Å²) < 4.78 is 35.1. The van der Waals surface area contributed by atoms with Gasteiger partial charge in [-0.2, -0.15) is 8.78 Å². The van der Waals surface area contributed by atoms with Crippen molar-refractivity contribution < 1.29 is 23.0 Å². The number of halogens is 3. The van der Waals surface area contributed by atoms with Gasteiger partial charge in [0, 0.05) is 15.6 Å². The highest BCUT2D eigenvalue weighted by Gasteiger charge is 2.08. The van der Waals surface area contributed by atoms with Crippen LogP contribution in [-0.4, -0.2) is 19.0 Å². The molecule has 3 nitrogen and oxygen atoms in total. The van der Waals surface area contributed by atoms with Gasteiger partial charge in [-0.25, -0.2) is 0 Å². The van der Waals surface area contributed by atoms with Crippen molar-refractivity contribution in [3.05, 3.63) is 64.1 Å². The topological polar surface area (TPSA) is 35.5 Å². The Morgan fingerprint density at radius 2 is 2.04 bits per heavy atom. The van der Waals surface area contributed by atoms with Crippen molar-refractivity contribution in [2.75, 3.05) is 6.61 Å². The van der Waals surface area contributed by atoms with Gasteiger partial charge in [-0.1, -0.05) is 28.1 Å². The van der Waals surface area contributed by atoms with E-state index in [0.717, 1.165) is 10.0 Å². The summed E-state index contributed by atoms with van der Waals surface area (Å²) in [7, 11) is 0. The zero-order chi connectivity index (χ0) is 17.5. The van der Waals surface area contributed by atoms with Gasteiger partial charge in [-0.05, 0) is 49.4 Å². The molecule has 2 aromatic rings. The Morgan fingerprint density at radius 3 is 2.75 bits per heavy atom. The first-order valence-electron chi connectivity index (χ1n) is 7.19. The Labute approximate surface area is 147 Å². The Morgan fingerprint density at radius 1 is 1.25 bits per heavy atom. The van der Waals surface area contributed by atoms with Crippen LogP contribution in [0.5, 0.6) is 11.5 Å². The van der Waals surface area contributed by atoms with Gasteiger partial charge in [0.1, 0.15) is 11.5 Å². The van der Waals surface area contributed by atoms with Gasteiger partial charge in [0.25, 0.3) is 0 Å². The summed E-state index contributed by atoms with van der Waals surface area (Å²) in [6.45, 7) is -0.556. The molecule has 0 bridgehead atoms. The average Bonchev–Trinajstić information content (AvgIpc) is 2.54. The van der Waals surface area contributed by atoms with E-state index in [4.69, 9.17) is 4.74 Å². The van der Waals surface area contributed by atoms with E-state index < -0.39 is 6.61 Å². The van der Waals surface area contributed by atoms with E-state index in [0.29, 0.717) is 12.4 Å². The molecule has 0 fully saturated rings. The van der Waals surface area contributed by atoms with Crippen LogP contribution in [0.2, 0.25) is 0 Å². The number of alkyl halides is 2. The third-order valence-electron chi connectivity index (χ3n) is 3.03. The molecule has 0 radical (unpaired) electrons. The van der Waals surface area contributed by atoms with Crippen LogP contribution in [-0.2, 0) is 0 Å². The first kappa shape index (κ1) is 18.1. The number of ketones is 1. The zero-order valence-electron chi connectivity index (χ0n) is 12.8. The molecule has 0 amide bonds. The molecule has 0 N–H and O–H groups in total. The summed E-state index contributed by atoms with van der Waals surface area (Å²) in [4.78, 5) is 12.2. The van der Waals surface area contributed by atoms with Crippen molar-refractivity contribution >= 4 is 27.8 Å². The number of carbonyl (C=O) groups excluding carboxylic acids is 1. The number of hydrogen-bond acceptors (Lipinski definition) is 3. The highest BCUT2D eigenvalue weighted by molar-refractivity contribution is 9.10. The van der Waals surface area contributed by atoms with E-state index in [1.165, 1.54) is 30.3 Å². The van der Waals surface area contributed by atoms with E-state index in [1.807, 2.05) is 19.1 Å². The summed E-state index contributed by atoms with van der Waals surface area (Å²) in [6.07, 6.45) is 2.99. The van der Waals surface area contributed by atoms with Gasteiger partial charge in [0.05, 0.1) is 6.61 Å². The Kier molecular flexibility index (Phi) is 6.49. The second-order valence-electron chi connectivity index (χ2n) is 4.72. The molecule has 126 valence electrons. The summed E-state index contributed by atoms with van der Waals surface area (Å²) in [5.74, 6) is 0.276. The first-order chi connectivity index (χ1) is 11.5. The van der Waals surface area contributed by atoms with Crippen LogP contribution in [0.3, 0.4) is 0 Å². The molecular weight excluding hydrogens is 382 g/mol. The monoisotopic (exact) mass is 396 g/mol. The lowest BCUT2D eigenvalue weighted by Crippen LogP contribution is -2.03. The van der Waals surface area contributed by atoms with Crippen LogP contribution < -0.4 is 9.47 Å². The molecule has 0 saturated carbocycles. The standard InChI is InChI=1S/C18H15BrF2O3/c1-2-23-17-9-7-14(19)10-13(17)6-8-16(22)12-4-3-5-15(11-12)24-18(20)21/h3-11,18H,2H2,1H3/b8-6+. The minimum atomic E-state index is -2.93. The second kappa shape index (κ2) is 8.59. The molecule has 0 saturated heterocycles. The van der Waals surface area contributed by atoms with Gasteiger partial charge in [-0.3, -0.25) is 4.79 Å². The zero-order valence-corrected chi connectivity index (χ0v) is 14.4. The van der Waals surface area contributed by atoms with Gasteiger partial charge in [0.15, 0.2) is 5.78 Å². The largest absolute Gasteiger partial charge is 0.493 e. The molecular formula is C18H15BrF2O3. The normalized spacial score (nSPS) is 11.0. The smallest absolute Gasteiger partial charge is 0.387 e. The Hall–Kier alpha value is -2.21. The first-order valence-corrected chi connectivity index (χ1v) is 7.98. The van der Waals surface area contributed by atoms with Crippen molar-refractivity contribution in [2.24, 2.45) is 0 Å². The van der Waals surface area contributed by atoms with Crippen LogP contribution in [0.1, 0.15) is 22.8 Å². The highest BCUT2D eigenvalue weighted by atomic mass is 79.9. The van der Waals surface area contributed by atoms with Crippen molar-refractivity contribution in [2.45, 2.75) is 13.5 Å². The van der Waals surface area contributed by atoms with Gasteiger partial charge >= 0.3 is 6.61 Å². The van der Waals surface area contributed by atoms with E-state index in [2.05, 4.69) is 20.7 Å². The maximum atomic E-state index is 12.2. The van der Waals surface area contributed by atoms with Gasteiger partial charge in [0.2, 0.25) is 0 Å². The van der Waals surface area contributed by atoms with Crippen LogP contribution in [0.4, 0.5) is 8.78 Å². The minimum Gasteiger partial charge on any atom is -0.493 e. The second-order valence-corrected chi connectivity index (χ2v) is 5.63. The van der Waals surface area contributed by atoms with Crippen molar-refractivity contribution in [1.82, 2.24) is 0 Å². The molecule has 2 rings (SSSR count). The predicted molar refractivity (Wildman–Crippen MR) is 91.7 cm³/mol. The minimum absolute atomic E-state index is 0.0540. The van der Waals surface area contributed by atoms with Crippen molar-refractivity contribution in [3.8, 4) is 11.5 Å². The number of benzene rings is 2. The lowest BCUT2D eigenvalue weighted by Gasteiger charge is -2.07. The number of ether oxygens (including phenoxy) is 2. The van der Waals surface area contributed by atoms with E-state index in [1.54, 1.807) is 12.1 Å². The molecule has 0 spiro atoms. The Balaban J connectivity index is 2.20. The van der Waals surface area contributed by atoms with Crippen molar-refractivity contribution in [1.29, 1.82) is 0 Å². The van der Waals surface area contributed by atoms with E-state index in [9.17, 15) is 13.6 Å². The SMILES string of the molecule is CCOc1ccc(Br)cc1/C=C/C(=O)c1cccc(OC(F)F)c1. The molecule has 2 aromatic carbocycles. The summed E-state index contributed by atoms with van der Waals surface area (Å²) >= 11 is 3.37. The lowest BCUT2D eigenvalue weighted by molar-refractivity contribution is -0.0498. The van der Waals surface area contributed by atoms with E-state index in [-0.39, 0.29) is 17.1 Å². The number of rotatable bonds is 7. The molecule has 0 aliphatic rings. The third kappa shape index (κ3) is 5.16. The van der Waals surface area contributed by atoms with Crippen LogP contribution in [0.15, 0.2) is 53.0 Å². The maximum absolute atomic E-state index is 12.2.